The molecule has 0 bridgehead atoms. The lowest BCUT2D eigenvalue weighted by atomic mass is 9.96. The van der Waals surface area contributed by atoms with Gasteiger partial charge in [0.1, 0.15) is 0 Å². The molecule has 2 fully saturated rings. The van der Waals surface area contributed by atoms with Gasteiger partial charge in [-0.25, -0.2) is 5.84 Å². The molecule has 5 heteroatoms. The molecule has 1 unspecified atom stereocenters. The molecule has 2 aliphatic rings. The molecule has 5 nitrogen and oxygen atoms in total. The van der Waals surface area contributed by atoms with Gasteiger partial charge in [-0.1, -0.05) is 12.8 Å². The SMILES string of the molecule is COCCCN=C(NN)N1CCCC1C1CCCC1. The van der Waals surface area contributed by atoms with Gasteiger partial charge in [-0.2, -0.15) is 0 Å². The van der Waals surface area contributed by atoms with Crippen molar-refractivity contribution in [2.45, 2.75) is 51.0 Å². The van der Waals surface area contributed by atoms with Crippen LogP contribution in [-0.4, -0.2) is 43.7 Å². The molecule has 0 aromatic carbocycles. The maximum absolute atomic E-state index is 5.67. The summed E-state index contributed by atoms with van der Waals surface area (Å²) in [5.74, 6) is 7.40. The molecule has 110 valence electrons. The van der Waals surface area contributed by atoms with Crippen molar-refractivity contribution < 1.29 is 4.74 Å². The molecule has 0 radical (unpaired) electrons. The van der Waals surface area contributed by atoms with Gasteiger partial charge in [0, 0.05) is 32.8 Å². The van der Waals surface area contributed by atoms with Crippen LogP contribution in [0.1, 0.15) is 44.9 Å². The van der Waals surface area contributed by atoms with Gasteiger partial charge in [-0.05, 0) is 38.0 Å². The van der Waals surface area contributed by atoms with Crippen molar-refractivity contribution in [2.75, 3.05) is 26.8 Å². The Bertz CT molecular complexity index is 289. The van der Waals surface area contributed by atoms with Gasteiger partial charge in [-0.3, -0.25) is 10.4 Å². The molecule has 0 aromatic rings. The van der Waals surface area contributed by atoms with Crippen LogP contribution in [0.2, 0.25) is 0 Å². The first-order valence-corrected chi connectivity index (χ1v) is 7.63. The van der Waals surface area contributed by atoms with Crippen LogP contribution in [0, 0.1) is 5.92 Å². The standard InChI is InChI=1S/C14H28N4O/c1-19-11-5-9-16-14(17-15)18-10-4-8-13(18)12-6-2-3-7-12/h12-13H,2-11,15H2,1H3,(H,16,17). The van der Waals surface area contributed by atoms with Crippen LogP contribution in [0.25, 0.3) is 0 Å². The lowest BCUT2D eigenvalue weighted by Crippen LogP contribution is -2.49. The number of aliphatic imine (C=N–C) groups is 1. The van der Waals surface area contributed by atoms with Crippen LogP contribution in [0.4, 0.5) is 0 Å². The van der Waals surface area contributed by atoms with E-state index in [1.165, 1.54) is 38.5 Å². The summed E-state index contributed by atoms with van der Waals surface area (Å²) < 4.78 is 5.05. The lowest BCUT2D eigenvalue weighted by Gasteiger charge is -2.31. The van der Waals surface area contributed by atoms with Crippen molar-refractivity contribution in [3.05, 3.63) is 0 Å². The van der Waals surface area contributed by atoms with Crippen LogP contribution < -0.4 is 11.3 Å². The molecule has 19 heavy (non-hydrogen) atoms. The summed E-state index contributed by atoms with van der Waals surface area (Å²) in [6.07, 6.45) is 9.05. The number of nitrogens with two attached hydrogens (primary N) is 1. The minimum absolute atomic E-state index is 0.653. The lowest BCUT2D eigenvalue weighted by molar-refractivity contribution is 0.196. The second-order valence-corrected chi connectivity index (χ2v) is 5.64. The fourth-order valence-corrected chi connectivity index (χ4v) is 3.50. The zero-order chi connectivity index (χ0) is 13.5. The monoisotopic (exact) mass is 268 g/mol. The fourth-order valence-electron chi connectivity index (χ4n) is 3.50. The van der Waals surface area contributed by atoms with Gasteiger partial charge in [0.15, 0.2) is 0 Å². The van der Waals surface area contributed by atoms with Gasteiger partial charge in [0.05, 0.1) is 0 Å². The number of nitrogens with zero attached hydrogens (tertiary/aromatic N) is 2. The number of nitrogens with one attached hydrogen (secondary N) is 1. The fraction of sp³-hybridized carbons (Fsp3) is 0.929. The Kier molecular flexibility index (Phi) is 5.92. The molecule has 3 N–H and O–H groups in total. The van der Waals surface area contributed by atoms with Crippen LogP contribution in [-0.2, 0) is 4.74 Å². The van der Waals surface area contributed by atoms with Gasteiger partial charge in [0.2, 0.25) is 5.96 Å². The van der Waals surface area contributed by atoms with E-state index in [0.29, 0.717) is 6.04 Å². The highest BCUT2D eigenvalue weighted by Crippen LogP contribution is 2.35. The van der Waals surface area contributed by atoms with Crippen LogP contribution in [0.3, 0.4) is 0 Å². The summed E-state index contributed by atoms with van der Waals surface area (Å²) in [5.41, 5.74) is 2.81. The Balaban J connectivity index is 1.91. The predicted octanol–water partition coefficient (Wildman–Crippen LogP) is 1.50. The zero-order valence-electron chi connectivity index (χ0n) is 12.1. The molecule has 2 rings (SSSR count). The largest absolute Gasteiger partial charge is 0.385 e. The number of methoxy groups -OCH3 is 1. The van der Waals surface area contributed by atoms with E-state index >= 15 is 0 Å². The minimum atomic E-state index is 0.653. The number of hydrogen-bond acceptors (Lipinski definition) is 3. The number of hydrogen-bond donors (Lipinski definition) is 2. The summed E-state index contributed by atoms with van der Waals surface area (Å²) in [5, 5.41) is 0. The Labute approximate surface area is 116 Å². The van der Waals surface area contributed by atoms with Crippen molar-refractivity contribution in [1.82, 2.24) is 10.3 Å². The average molecular weight is 268 g/mol. The molecule has 1 aliphatic heterocycles. The highest BCUT2D eigenvalue weighted by atomic mass is 16.5. The molecule has 0 spiro atoms. The van der Waals surface area contributed by atoms with Crippen LogP contribution in [0.15, 0.2) is 4.99 Å². The van der Waals surface area contributed by atoms with E-state index in [0.717, 1.165) is 38.0 Å². The third kappa shape index (κ3) is 3.83. The van der Waals surface area contributed by atoms with Gasteiger partial charge in [0.25, 0.3) is 0 Å². The van der Waals surface area contributed by atoms with E-state index in [4.69, 9.17) is 10.6 Å². The van der Waals surface area contributed by atoms with Crippen LogP contribution in [0.5, 0.6) is 0 Å². The number of hydrazine groups is 1. The third-order valence-corrected chi connectivity index (χ3v) is 4.41. The first-order valence-electron chi connectivity index (χ1n) is 7.63. The molecule has 1 aliphatic carbocycles. The van der Waals surface area contributed by atoms with Gasteiger partial charge < -0.3 is 9.64 Å². The Morgan fingerprint density at radius 2 is 2.11 bits per heavy atom. The molecule has 1 saturated heterocycles. The molecular weight excluding hydrogens is 240 g/mol. The second-order valence-electron chi connectivity index (χ2n) is 5.64. The zero-order valence-corrected chi connectivity index (χ0v) is 12.1. The molecule has 0 aromatic heterocycles. The second kappa shape index (κ2) is 7.70. The van der Waals surface area contributed by atoms with E-state index in [9.17, 15) is 0 Å². The van der Waals surface area contributed by atoms with E-state index in [1.807, 2.05) is 0 Å². The predicted molar refractivity (Wildman–Crippen MR) is 77.8 cm³/mol. The summed E-state index contributed by atoms with van der Waals surface area (Å²) in [6.45, 7) is 2.63. The van der Waals surface area contributed by atoms with Gasteiger partial charge >= 0.3 is 0 Å². The summed E-state index contributed by atoms with van der Waals surface area (Å²) >= 11 is 0. The Morgan fingerprint density at radius 3 is 2.79 bits per heavy atom. The number of likely N-dealkylation sites (tertiary alicyclic amines) is 1. The topological polar surface area (TPSA) is 62.9 Å². The van der Waals surface area contributed by atoms with Crippen molar-refractivity contribution in [3.63, 3.8) is 0 Å². The Hall–Kier alpha value is -0.810. The van der Waals surface area contributed by atoms with E-state index in [-0.39, 0.29) is 0 Å². The minimum Gasteiger partial charge on any atom is -0.385 e. The van der Waals surface area contributed by atoms with E-state index < -0.39 is 0 Å². The van der Waals surface area contributed by atoms with E-state index in [1.54, 1.807) is 7.11 Å². The maximum atomic E-state index is 5.67. The quantitative estimate of drug-likeness (QED) is 0.261. The number of rotatable bonds is 5. The highest BCUT2D eigenvalue weighted by molar-refractivity contribution is 5.80. The number of guanidine groups is 1. The summed E-state index contributed by atoms with van der Waals surface area (Å²) in [6, 6.07) is 0.653. The van der Waals surface area contributed by atoms with Gasteiger partial charge in [-0.15, -0.1) is 0 Å². The smallest absolute Gasteiger partial charge is 0.208 e. The third-order valence-electron chi connectivity index (χ3n) is 4.41. The summed E-state index contributed by atoms with van der Waals surface area (Å²) in [4.78, 5) is 7.02. The molecule has 1 atom stereocenters. The first kappa shape index (κ1) is 14.6. The number of ether oxygens (including phenoxy) is 1. The van der Waals surface area contributed by atoms with Crippen molar-refractivity contribution in [2.24, 2.45) is 16.8 Å². The van der Waals surface area contributed by atoms with E-state index in [2.05, 4.69) is 15.3 Å². The average Bonchev–Trinajstić information content (AvgIpc) is 3.09. The summed E-state index contributed by atoms with van der Waals surface area (Å²) in [7, 11) is 1.72. The highest BCUT2D eigenvalue weighted by Gasteiger charge is 2.34. The molecule has 1 saturated carbocycles. The molecule has 0 amide bonds. The molecule has 1 heterocycles. The normalized spacial score (nSPS) is 25.3. The van der Waals surface area contributed by atoms with Crippen LogP contribution >= 0.6 is 0 Å². The molecular formula is C14H28N4O. The first-order chi connectivity index (χ1) is 9.36. The Morgan fingerprint density at radius 1 is 1.32 bits per heavy atom. The van der Waals surface area contributed by atoms with Crippen molar-refractivity contribution in [1.29, 1.82) is 0 Å². The maximum Gasteiger partial charge on any atom is 0.208 e. The van der Waals surface area contributed by atoms with Crippen molar-refractivity contribution >= 4 is 5.96 Å². The van der Waals surface area contributed by atoms with Crippen molar-refractivity contribution in [3.8, 4) is 0 Å².